The molecule has 2 aromatic rings. The van der Waals surface area contributed by atoms with E-state index in [2.05, 4.69) is 5.32 Å². The number of aldehydes is 1. The van der Waals surface area contributed by atoms with E-state index in [9.17, 15) is 19.5 Å². The number of carbonyl (C=O) groups excluding carboxylic acids is 2. The standard InChI is InChI=1S/C19H19NO5/c21-12-16(11-14-7-3-1-4-8-14)17(18(22)23)20-19(24)25-13-15-9-5-2-6-10-15/h1-10,12,16-17H,11,13H2,(H,20,24)(H,22,23)/t16?,17-/m0/s1. The van der Waals surface area contributed by atoms with Gasteiger partial charge in [-0.05, 0) is 17.5 Å². The highest BCUT2D eigenvalue weighted by molar-refractivity contribution is 5.83. The number of rotatable bonds is 8. The molecule has 1 unspecified atom stereocenters. The normalized spacial score (nSPS) is 12.6. The van der Waals surface area contributed by atoms with Crippen LogP contribution in [0.25, 0.3) is 0 Å². The van der Waals surface area contributed by atoms with Crippen LogP contribution in [0.4, 0.5) is 4.79 Å². The van der Waals surface area contributed by atoms with E-state index in [4.69, 9.17) is 4.74 Å². The van der Waals surface area contributed by atoms with E-state index in [0.717, 1.165) is 11.1 Å². The smallest absolute Gasteiger partial charge is 0.408 e. The Kier molecular flexibility index (Phi) is 6.71. The van der Waals surface area contributed by atoms with Crippen LogP contribution in [-0.2, 0) is 27.4 Å². The fourth-order valence-electron chi connectivity index (χ4n) is 2.37. The summed E-state index contributed by atoms with van der Waals surface area (Å²) in [6.07, 6.45) is -0.125. The monoisotopic (exact) mass is 341 g/mol. The van der Waals surface area contributed by atoms with E-state index < -0.39 is 24.0 Å². The average Bonchev–Trinajstić information content (AvgIpc) is 2.64. The minimum absolute atomic E-state index is 0.0173. The van der Waals surface area contributed by atoms with Crippen molar-refractivity contribution in [1.82, 2.24) is 5.32 Å². The van der Waals surface area contributed by atoms with Gasteiger partial charge in [0, 0.05) is 5.92 Å². The van der Waals surface area contributed by atoms with Crippen molar-refractivity contribution in [1.29, 1.82) is 0 Å². The molecule has 130 valence electrons. The second kappa shape index (κ2) is 9.22. The van der Waals surface area contributed by atoms with E-state index in [1.54, 1.807) is 48.5 Å². The van der Waals surface area contributed by atoms with Gasteiger partial charge in [-0.25, -0.2) is 9.59 Å². The number of hydrogen-bond acceptors (Lipinski definition) is 4. The van der Waals surface area contributed by atoms with Gasteiger partial charge in [0.2, 0.25) is 0 Å². The van der Waals surface area contributed by atoms with Crippen LogP contribution in [0.5, 0.6) is 0 Å². The number of carboxylic acid groups (broad SMARTS) is 1. The van der Waals surface area contributed by atoms with E-state index in [1.165, 1.54) is 0 Å². The second-order valence-corrected chi connectivity index (χ2v) is 5.51. The molecule has 0 heterocycles. The zero-order valence-corrected chi connectivity index (χ0v) is 13.5. The van der Waals surface area contributed by atoms with Crippen LogP contribution in [0.15, 0.2) is 60.7 Å². The molecule has 0 radical (unpaired) electrons. The maximum absolute atomic E-state index is 11.9. The van der Waals surface area contributed by atoms with Gasteiger partial charge in [-0.2, -0.15) is 0 Å². The van der Waals surface area contributed by atoms with Gasteiger partial charge in [0.1, 0.15) is 18.9 Å². The first-order valence-electron chi connectivity index (χ1n) is 7.79. The van der Waals surface area contributed by atoms with Crippen LogP contribution < -0.4 is 5.32 Å². The molecule has 0 spiro atoms. The number of carboxylic acids is 1. The van der Waals surface area contributed by atoms with Crippen molar-refractivity contribution in [3.8, 4) is 0 Å². The molecule has 0 aliphatic heterocycles. The minimum Gasteiger partial charge on any atom is -0.480 e. The summed E-state index contributed by atoms with van der Waals surface area (Å²) in [6.45, 7) is 0.0173. The number of carbonyl (C=O) groups is 3. The first-order valence-corrected chi connectivity index (χ1v) is 7.79. The second-order valence-electron chi connectivity index (χ2n) is 5.51. The van der Waals surface area contributed by atoms with Crippen LogP contribution in [-0.4, -0.2) is 29.5 Å². The van der Waals surface area contributed by atoms with Crippen molar-refractivity contribution in [3.63, 3.8) is 0 Å². The summed E-state index contributed by atoms with van der Waals surface area (Å²) in [7, 11) is 0. The lowest BCUT2D eigenvalue weighted by Crippen LogP contribution is -2.47. The Morgan fingerprint density at radius 1 is 1.00 bits per heavy atom. The van der Waals surface area contributed by atoms with Crippen LogP contribution in [0.2, 0.25) is 0 Å². The molecule has 0 aromatic heterocycles. The van der Waals surface area contributed by atoms with Crippen molar-refractivity contribution in [2.45, 2.75) is 19.1 Å². The van der Waals surface area contributed by atoms with Crippen LogP contribution in [0.1, 0.15) is 11.1 Å². The molecule has 2 atom stereocenters. The summed E-state index contributed by atoms with van der Waals surface area (Å²) in [5, 5.41) is 11.6. The SMILES string of the molecule is O=CC(Cc1ccccc1)[C@H](NC(=O)OCc1ccccc1)C(=O)O. The summed E-state index contributed by atoms with van der Waals surface area (Å²) in [6, 6.07) is 16.7. The molecule has 2 rings (SSSR count). The summed E-state index contributed by atoms with van der Waals surface area (Å²) >= 11 is 0. The topological polar surface area (TPSA) is 92.7 Å². The molecule has 0 aliphatic carbocycles. The van der Waals surface area contributed by atoms with Crippen molar-refractivity contribution in [3.05, 3.63) is 71.8 Å². The highest BCUT2D eigenvalue weighted by Gasteiger charge is 2.30. The predicted molar refractivity (Wildman–Crippen MR) is 90.9 cm³/mol. The van der Waals surface area contributed by atoms with Crippen molar-refractivity contribution < 1.29 is 24.2 Å². The number of benzene rings is 2. The number of aliphatic carboxylic acids is 1. The Morgan fingerprint density at radius 2 is 1.56 bits per heavy atom. The van der Waals surface area contributed by atoms with E-state index in [1.807, 2.05) is 12.1 Å². The molecular formula is C19H19NO5. The third kappa shape index (κ3) is 5.76. The molecule has 0 fully saturated rings. The minimum atomic E-state index is -1.36. The molecule has 25 heavy (non-hydrogen) atoms. The number of ether oxygens (including phenoxy) is 1. The fraction of sp³-hybridized carbons (Fsp3) is 0.211. The number of hydrogen-bond donors (Lipinski definition) is 2. The molecule has 0 bridgehead atoms. The molecule has 6 nitrogen and oxygen atoms in total. The van der Waals surface area contributed by atoms with Crippen molar-refractivity contribution >= 4 is 18.3 Å². The van der Waals surface area contributed by atoms with Crippen LogP contribution >= 0.6 is 0 Å². The third-order valence-electron chi connectivity index (χ3n) is 3.67. The first kappa shape index (κ1) is 18.2. The Bertz CT molecular complexity index is 702. The van der Waals surface area contributed by atoms with Crippen molar-refractivity contribution in [2.24, 2.45) is 5.92 Å². The molecule has 2 N–H and O–H groups in total. The van der Waals surface area contributed by atoms with Gasteiger partial charge in [-0.15, -0.1) is 0 Å². The number of amides is 1. The van der Waals surface area contributed by atoms with E-state index in [0.29, 0.717) is 6.29 Å². The van der Waals surface area contributed by atoms with Gasteiger partial charge in [-0.3, -0.25) is 0 Å². The molecular weight excluding hydrogens is 322 g/mol. The van der Waals surface area contributed by atoms with Gasteiger partial charge in [-0.1, -0.05) is 60.7 Å². The molecule has 6 heteroatoms. The van der Waals surface area contributed by atoms with E-state index in [-0.39, 0.29) is 13.0 Å². The quantitative estimate of drug-likeness (QED) is 0.719. The summed E-state index contributed by atoms with van der Waals surface area (Å²) in [5.41, 5.74) is 1.59. The zero-order valence-electron chi connectivity index (χ0n) is 13.5. The maximum Gasteiger partial charge on any atom is 0.408 e. The van der Waals surface area contributed by atoms with Gasteiger partial charge < -0.3 is 20.0 Å². The Balaban J connectivity index is 1.97. The van der Waals surface area contributed by atoms with Crippen LogP contribution in [0, 0.1) is 5.92 Å². The van der Waals surface area contributed by atoms with Gasteiger partial charge in [0.15, 0.2) is 0 Å². The molecule has 1 amide bonds. The molecule has 0 saturated heterocycles. The van der Waals surface area contributed by atoms with Gasteiger partial charge in [0.25, 0.3) is 0 Å². The lowest BCUT2D eigenvalue weighted by molar-refractivity contribution is -0.142. The molecule has 0 aliphatic rings. The van der Waals surface area contributed by atoms with Gasteiger partial charge >= 0.3 is 12.1 Å². The zero-order chi connectivity index (χ0) is 18.1. The highest BCUT2D eigenvalue weighted by atomic mass is 16.5. The van der Waals surface area contributed by atoms with Gasteiger partial charge in [0.05, 0.1) is 0 Å². The third-order valence-corrected chi connectivity index (χ3v) is 3.67. The fourth-order valence-corrected chi connectivity index (χ4v) is 2.37. The van der Waals surface area contributed by atoms with Crippen LogP contribution in [0.3, 0.4) is 0 Å². The lowest BCUT2D eigenvalue weighted by Gasteiger charge is -2.20. The Morgan fingerprint density at radius 3 is 2.08 bits per heavy atom. The highest BCUT2D eigenvalue weighted by Crippen LogP contribution is 2.12. The first-order chi connectivity index (χ1) is 12.1. The molecule has 0 saturated carbocycles. The predicted octanol–water partition coefficient (Wildman–Crippen LogP) is 2.42. The Hall–Kier alpha value is -3.15. The average molecular weight is 341 g/mol. The summed E-state index contributed by atoms with van der Waals surface area (Å²) in [4.78, 5) is 34.7. The lowest BCUT2D eigenvalue weighted by atomic mass is 9.93. The van der Waals surface area contributed by atoms with Crippen molar-refractivity contribution in [2.75, 3.05) is 0 Å². The summed E-state index contributed by atoms with van der Waals surface area (Å²) in [5.74, 6) is -2.19. The summed E-state index contributed by atoms with van der Waals surface area (Å²) < 4.78 is 5.02. The largest absolute Gasteiger partial charge is 0.480 e. The van der Waals surface area contributed by atoms with E-state index >= 15 is 0 Å². The number of alkyl carbamates (subject to hydrolysis) is 1. The molecule has 2 aromatic carbocycles. The maximum atomic E-state index is 11.9. The Labute approximate surface area is 145 Å². The number of nitrogens with one attached hydrogen (secondary N) is 1.